The van der Waals surface area contributed by atoms with Gasteiger partial charge in [0.15, 0.2) is 0 Å². The molecule has 3 nitrogen and oxygen atoms in total. The highest BCUT2D eigenvalue weighted by Crippen LogP contribution is 2.26. The molecule has 0 saturated heterocycles. The first-order chi connectivity index (χ1) is 7.91. The number of aliphatic hydroxyl groups is 1. The first-order valence-corrected chi connectivity index (χ1v) is 6.32. The predicted molar refractivity (Wildman–Crippen MR) is 71.4 cm³/mol. The van der Waals surface area contributed by atoms with Crippen molar-refractivity contribution >= 4 is 11.6 Å². The highest BCUT2D eigenvalue weighted by Gasteiger charge is 2.24. The van der Waals surface area contributed by atoms with E-state index in [9.17, 15) is 5.11 Å². The quantitative estimate of drug-likeness (QED) is 0.795. The number of hydrogen-bond donors (Lipinski definition) is 1. The van der Waals surface area contributed by atoms with Gasteiger partial charge in [0.05, 0.1) is 22.0 Å². The van der Waals surface area contributed by atoms with Crippen molar-refractivity contribution in [3.05, 3.63) is 29.1 Å². The van der Waals surface area contributed by atoms with Crippen LogP contribution < -0.4 is 0 Å². The Labute approximate surface area is 108 Å². The zero-order valence-electron chi connectivity index (χ0n) is 10.8. The monoisotopic (exact) mass is 256 g/mol. The van der Waals surface area contributed by atoms with E-state index in [0.717, 1.165) is 24.2 Å². The fourth-order valence-corrected chi connectivity index (χ4v) is 2.23. The van der Waals surface area contributed by atoms with Crippen LogP contribution in [0.5, 0.6) is 0 Å². The number of allylic oxidation sites excluding steroid dienone is 1. The molecule has 1 aromatic heterocycles. The van der Waals surface area contributed by atoms with Crippen LogP contribution >= 0.6 is 11.6 Å². The van der Waals surface area contributed by atoms with Gasteiger partial charge >= 0.3 is 0 Å². The lowest BCUT2D eigenvalue weighted by atomic mass is 9.94. The Kier molecular flexibility index (Phi) is 4.78. The van der Waals surface area contributed by atoms with Crippen molar-refractivity contribution < 1.29 is 5.11 Å². The Balaban J connectivity index is 2.87. The van der Waals surface area contributed by atoms with E-state index >= 15 is 0 Å². The van der Waals surface area contributed by atoms with Gasteiger partial charge in [0.2, 0.25) is 0 Å². The minimum absolute atomic E-state index is 0.517. The van der Waals surface area contributed by atoms with E-state index < -0.39 is 5.60 Å². The van der Waals surface area contributed by atoms with Gasteiger partial charge < -0.3 is 5.11 Å². The van der Waals surface area contributed by atoms with E-state index in [2.05, 4.69) is 11.7 Å². The van der Waals surface area contributed by atoms with Crippen LogP contribution in [0.3, 0.4) is 0 Å². The van der Waals surface area contributed by atoms with Crippen molar-refractivity contribution in [2.75, 3.05) is 0 Å². The minimum Gasteiger partial charge on any atom is -0.390 e. The third kappa shape index (κ3) is 3.58. The van der Waals surface area contributed by atoms with Crippen molar-refractivity contribution in [1.29, 1.82) is 0 Å². The molecule has 0 aliphatic heterocycles. The van der Waals surface area contributed by atoms with Crippen molar-refractivity contribution in [3.63, 3.8) is 0 Å². The lowest BCUT2D eigenvalue weighted by Gasteiger charge is -2.22. The molecule has 0 amide bonds. The minimum atomic E-state index is -0.767. The SMILES string of the molecule is C=CCCC(C)(O)Cc1c(Cl)c(CC)nn1C. The van der Waals surface area contributed by atoms with E-state index in [1.165, 1.54) is 0 Å². The second-order valence-corrected chi connectivity index (χ2v) is 5.06. The highest BCUT2D eigenvalue weighted by atomic mass is 35.5. The summed E-state index contributed by atoms with van der Waals surface area (Å²) in [5.41, 5.74) is 1.03. The van der Waals surface area contributed by atoms with E-state index in [1.807, 2.05) is 27.0 Å². The van der Waals surface area contributed by atoms with Gasteiger partial charge in [-0.05, 0) is 26.2 Å². The third-order valence-corrected chi connectivity index (χ3v) is 3.37. The molecule has 1 unspecified atom stereocenters. The number of aromatic nitrogens is 2. The van der Waals surface area contributed by atoms with E-state index in [0.29, 0.717) is 17.9 Å². The van der Waals surface area contributed by atoms with Crippen LogP contribution in [0.25, 0.3) is 0 Å². The van der Waals surface area contributed by atoms with Crippen molar-refractivity contribution in [3.8, 4) is 0 Å². The summed E-state index contributed by atoms with van der Waals surface area (Å²) in [6.45, 7) is 7.52. The summed E-state index contributed by atoms with van der Waals surface area (Å²) in [6, 6.07) is 0. The largest absolute Gasteiger partial charge is 0.390 e. The second-order valence-electron chi connectivity index (χ2n) is 4.69. The zero-order chi connectivity index (χ0) is 13.1. The molecule has 0 bridgehead atoms. The topological polar surface area (TPSA) is 38.1 Å². The van der Waals surface area contributed by atoms with Crippen LogP contribution in [0, 0.1) is 0 Å². The maximum atomic E-state index is 10.3. The zero-order valence-corrected chi connectivity index (χ0v) is 11.6. The maximum Gasteiger partial charge on any atom is 0.0850 e. The van der Waals surface area contributed by atoms with Gasteiger partial charge in [-0.2, -0.15) is 5.10 Å². The molecule has 1 heterocycles. The highest BCUT2D eigenvalue weighted by molar-refractivity contribution is 6.31. The van der Waals surface area contributed by atoms with Gasteiger partial charge in [0, 0.05) is 13.5 Å². The second kappa shape index (κ2) is 5.69. The average Bonchev–Trinajstić information content (AvgIpc) is 2.53. The first kappa shape index (κ1) is 14.3. The molecule has 0 aliphatic carbocycles. The van der Waals surface area contributed by atoms with Crippen LogP contribution in [-0.4, -0.2) is 20.5 Å². The molecule has 0 saturated carbocycles. The molecular formula is C13H21ClN2O. The van der Waals surface area contributed by atoms with Gasteiger partial charge in [0.1, 0.15) is 0 Å². The van der Waals surface area contributed by atoms with Crippen LogP contribution in [0.2, 0.25) is 5.02 Å². The molecule has 0 radical (unpaired) electrons. The fraction of sp³-hybridized carbons (Fsp3) is 0.615. The van der Waals surface area contributed by atoms with E-state index in [-0.39, 0.29) is 0 Å². The molecule has 1 atom stereocenters. The Morgan fingerprint density at radius 2 is 2.24 bits per heavy atom. The molecule has 0 aliphatic rings. The van der Waals surface area contributed by atoms with Crippen LogP contribution in [-0.2, 0) is 19.9 Å². The number of rotatable bonds is 6. The van der Waals surface area contributed by atoms with Crippen molar-refractivity contribution in [2.45, 2.75) is 45.1 Å². The number of halogens is 1. The number of aryl methyl sites for hydroxylation is 2. The summed E-state index contributed by atoms with van der Waals surface area (Å²) in [5.74, 6) is 0. The summed E-state index contributed by atoms with van der Waals surface area (Å²) >= 11 is 6.26. The maximum absolute atomic E-state index is 10.3. The summed E-state index contributed by atoms with van der Waals surface area (Å²) in [7, 11) is 1.87. The molecule has 96 valence electrons. The van der Waals surface area contributed by atoms with Gasteiger partial charge in [-0.1, -0.05) is 24.6 Å². The van der Waals surface area contributed by atoms with E-state index in [1.54, 1.807) is 4.68 Å². The van der Waals surface area contributed by atoms with Gasteiger partial charge in [-0.3, -0.25) is 4.68 Å². The Bertz CT molecular complexity index is 396. The average molecular weight is 257 g/mol. The van der Waals surface area contributed by atoms with Crippen molar-refractivity contribution in [1.82, 2.24) is 9.78 Å². The number of nitrogens with zero attached hydrogens (tertiary/aromatic N) is 2. The molecule has 0 spiro atoms. The Morgan fingerprint density at radius 3 is 2.71 bits per heavy atom. The van der Waals surface area contributed by atoms with Crippen LogP contribution in [0.1, 0.15) is 38.1 Å². The molecule has 1 aromatic rings. The third-order valence-electron chi connectivity index (χ3n) is 2.94. The van der Waals surface area contributed by atoms with Gasteiger partial charge in [0.25, 0.3) is 0 Å². The normalized spacial score (nSPS) is 14.6. The lowest BCUT2D eigenvalue weighted by Crippen LogP contribution is -2.28. The summed E-state index contributed by atoms with van der Waals surface area (Å²) in [5, 5.41) is 15.3. The standard InChI is InChI=1S/C13H21ClN2O/c1-5-7-8-13(3,17)9-11-12(14)10(6-2)15-16(11)4/h5,17H,1,6-9H2,2-4H3. The summed E-state index contributed by atoms with van der Waals surface area (Å²) < 4.78 is 1.77. The predicted octanol–water partition coefficient (Wildman–Crippen LogP) is 2.90. The molecule has 1 N–H and O–H groups in total. The van der Waals surface area contributed by atoms with Crippen LogP contribution in [0.15, 0.2) is 12.7 Å². The molecule has 0 fully saturated rings. The molecule has 0 aromatic carbocycles. The molecule has 1 rings (SSSR count). The molecule has 17 heavy (non-hydrogen) atoms. The summed E-state index contributed by atoms with van der Waals surface area (Å²) in [6.07, 6.45) is 4.62. The Morgan fingerprint density at radius 1 is 1.59 bits per heavy atom. The lowest BCUT2D eigenvalue weighted by molar-refractivity contribution is 0.0504. The number of hydrogen-bond acceptors (Lipinski definition) is 2. The first-order valence-electron chi connectivity index (χ1n) is 5.94. The smallest absolute Gasteiger partial charge is 0.0850 e. The van der Waals surface area contributed by atoms with Gasteiger partial charge in [-0.15, -0.1) is 6.58 Å². The summed E-state index contributed by atoms with van der Waals surface area (Å²) in [4.78, 5) is 0. The molecular weight excluding hydrogens is 236 g/mol. The molecule has 4 heteroatoms. The van der Waals surface area contributed by atoms with Gasteiger partial charge in [-0.25, -0.2) is 0 Å². The fourth-order valence-electron chi connectivity index (χ4n) is 1.87. The van der Waals surface area contributed by atoms with E-state index in [4.69, 9.17) is 11.6 Å². The van der Waals surface area contributed by atoms with Crippen LogP contribution in [0.4, 0.5) is 0 Å². The van der Waals surface area contributed by atoms with Crippen molar-refractivity contribution in [2.24, 2.45) is 7.05 Å². The Hall–Kier alpha value is -0.800.